The highest BCUT2D eigenvalue weighted by atomic mass is 16.1. The van der Waals surface area contributed by atoms with Gasteiger partial charge >= 0.3 is 0 Å². The number of aromatic amines is 1. The minimum Gasteiger partial charge on any atom is -0.349 e. The number of rotatable bonds is 5. The predicted octanol–water partition coefficient (Wildman–Crippen LogP) is 4.54. The zero-order valence-corrected chi connectivity index (χ0v) is 21.7. The highest BCUT2D eigenvalue weighted by Crippen LogP contribution is 2.26. The number of benzene rings is 1. The second kappa shape index (κ2) is 8.47. The average Bonchev–Trinajstić information content (AvgIpc) is 3.37. The number of imidazole rings is 1. The Morgan fingerprint density at radius 1 is 1.06 bits per heavy atom. The van der Waals surface area contributed by atoms with Crippen LogP contribution in [0.3, 0.4) is 0 Å². The number of hydrogen-bond donors (Lipinski definition) is 2. The zero-order valence-electron chi connectivity index (χ0n) is 21.7. The molecule has 5 rings (SSSR count). The summed E-state index contributed by atoms with van der Waals surface area (Å²) in [5.74, 6) is 1.18. The maximum atomic E-state index is 13.3. The molecular formula is C26H31N9O. The SMILES string of the molecule is CC(C)n1c(=O)c2cnc(Nc3ccc4nc(N(C)C)[nH]c4c3)nc2n1-c1ccnc(C(C)(C)C)c1. The van der Waals surface area contributed by atoms with Gasteiger partial charge in [-0.25, -0.2) is 19.3 Å². The van der Waals surface area contributed by atoms with E-state index in [0.29, 0.717) is 17.0 Å². The van der Waals surface area contributed by atoms with E-state index in [-0.39, 0.29) is 17.0 Å². The van der Waals surface area contributed by atoms with E-state index in [4.69, 9.17) is 4.98 Å². The molecule has 0 atom stereocenters. The Labute approximate surface area is 209 Å². The topological polar surface area (TPSA) is 110 Å². The summed E-state index contributed by atoms with van der Waals surface area (Å²) in [5, 5.41) is 3.74. The lowest BCUT2D eigenvalue weighted by atomic mass is 9.91. The van der Waals surface area contributed by atoms with Crippen molar-refractivity contribution in [3.63, 3.8) is 0 Å². The molecule has 2 N–H and O–H groups in total. The maximum absolute atomic E-state index is 13.3. The van der Waals surface area contributed by atoms with Crippen LogP contribution >= 0.6 is 0 Å². The van der Waals surface area contributed by atoms with E-state index in [2.05, 4.69) is 46.0 Å². The Balaban J connectivity index is 1.62. The molecule has 0 spiro atoms. The van der Waals surface area contributed by atoms with Crippen LogP contribution in [0.1, 0.15) is 46.4 Å². The van der Waals surface area contributed by atoms with Gasteiger partial charge in [0.05, 0.1) is 16.7 Å². The number of nitrogens with one attached hydrogen (secondary N) is 2. The molecule has 0 saturated heterocycles. The fourth-order valence-electron chi connectivity index (χ4n) is 4.15. The van der Waals surface area contributed by atoms with Crippen molar-refractivity contribution in [2.45, 2.75) is 46.1 Å². The standard InChI is InChI=1S/C26H31N9O/c1-15(2)34-23(36)18-14-28-24(29-16-8-9-19-20(12-16)31-25(30-19)33(6)7)32-22(18)35(34)17-10-11-27-21(13-17)26(3,4)5/h8-15H,1-7H3,(H,30,31)(H,28,29,32). The van der Waals surface area contributed by atoms with Gasteiger partial charge in [-0.1, -0.05) is 20.8 Å². The van der Waals surface area contributed by atoms with Crippen LogP contribution in [0.2, 0.25) is 0 Å². The summed E-state index contributed by atoms with van der Waals surface area (Å²) in [5.41, 5.74) is 4.62. The first-order chi connectivity index (χ1) is 17.0. The first-order valence-electron chi connectivity index (χ1n) is 11.9. The summed E-state index contributed by atoms with van der Waals surface area (Å²) in [7, 11) is 3.88. The van der Waals surface area contributed by atoms with Crippen molar-refractivity contribution in [2.75, 3.05) is 24.3 Å². The average molecular weight is 486 g/mol. The summed E-state index contributed by atoms with van der Waals surface area (Å²) in [4.78, 5) is 36.9. The molecule has 10 nitrogen and oxygen atoms in total. The lowest BCUT2D eigenvalue weighted by molar-refractivity contribution is 0.474. The van der Waals surface area contributed by atoms with Crippen LogP contribution in [0, 0.1) is 0 Å². The molecule has 1 aromatic carbocycles. The molecular weight excluding hydrogens is 454 g/mol. The first kappa shape index (κ1) is 23.5. The minimum absolute atomic E-state index is 0.0805. The van der Waals surface area contributed by atoms with Crippen LogP contribution < -0.4 is 15.8 Å². The molecule has 10 heteroatoms. The van der Waals surface area contributed by atoms with Gasteiger partial charge in [0.2, 0.25) is 11.9 Å². The number of hydrogen-bond acceptors (Lipinski definition) is 7. The van der Waals surface area contributed by atoms with Gasteiger partial charge in [0.15, 0.2) is 5.65 Å². The number of H-pyrrole nitrogens is 1. The second-order valence-electron chi connectivity index (χ2n) is 10.4. The van der Waals surface area contributed by atoms with Gasteiger partial charge < -0.3 is 15.2 Å². The van der Waals surface area contributed by atoms with Gasteiger partial charge in [-0.3, -0.25) is 9.78 Å². The molecule has 0 radical (unpaired) electrons. The fraction of sp³-hybridized carbons (Fsp3) is 0.346. The van der Waals surface area contributed by atoms with Crippen LogP contribution in [-0.2, 0) is 5.41 Å². The largest absolute Gasteiger partial charge is 0.349 e. The van der Waals surface area contributed by atoms with E-state index < -0.39 is 0 Å². The van der Waals surface area contributed by atoms with Crippen LogP contribution in [0.15, 0.2) is 47.5 Å². The molecule has 0 bridgehead atoms. The Bertz CT molecular complexity index is 1630. The molecule has 0 aliphatic carbocycles. The van der Waals surface area contributed by atoms with Crippen molar-refractivity contribution in [3.05, 3.63) is 58.8 Å². The van der Waals surface area contributed by atoms with E-state index >= 15 is 0 Å². The third-order valence-corrected chi connectivity index (χ3v) is 6.02. The molecule has 4 heterocycles. The minimum atomic E-state index is -0.138. The third kappa shape index (κ3) is 4.08. The number of anilines is 3. The summed E-state index contributed by atoms with van der Waals surface area (Å²) in [6.07, 6.45) is 3.37. The molecule has 0 amide bonds. The van der Waals surface area contributed by atoms with Crippen molar-refractivity contribution in [1.29, 1.82) is 0 Å². The molecule has 0 aliphatic rings. The van der Waals surface area contributed by atoms with E-state index in [1.54, 1.807) is 17.1 Å². The molecule has 36 heavy (non-hydrogen) atoms. The Kier molecular flexibility index (Phi) is 5.54. The van der Waals surface area contributed by atoms with Crippen molar-refractivity contribution >= 4 is 39.7 Å². The lowest BCUT2D eigenvalue weighted by Gasteiger charge is -2.20. The van der Waals surface area contributed by atoms with Gasteiger partial charge in [0.1, 0.15) is 5.39 Å². The summed E-state index contributed by atoms with van der Waals surface area (Å²) in [6, 6.07) is 9.67. The third-order valence-electron chi connectivity index (χ3n) is 6.02. The summed E-state index contributed by atoms with van der Waals surface area (Å²) in [6.45, 7) is 10.3. The number of fused-ring (bicyclic) bond motifs is 2. The van der Waals surface area contributed by atoms with Crippen molar-refractivity contribution < 1.29 is 0 Å². The smallest absolute Gasteiger partial charge is 0.278 e. The van der Waals surface area contributed by atoms with Crippen molar-refractivity contribution in [2.24, 2.45) is 0 Å². The van der Waals surface area contributed by atoms with Gasteiger partial charge in [-0.2, -0.15) is 4.98 Å². The normalized spacial score (nSPS) is 12.1. The van der Waals surface area contributed by atoms with E-state index in [1.165, 1.54) is 0 Å². The van der Waals surface area contributed by atoms with Crippen LogP contribution in [0.25, 0.3) is 27.8 Å². The van der Waals surface area contributed by atoms with Gasteiger partial charge in [0.25, 0.3) is 5.56 Å². The quantitative estimate of drug-likeness (QED) is 0.376. The maximum Gasteiger partial charge on any atom is 0.278 e. The van der Waals surface area contributed by atoms with E-state index in [9.17, 15) is 4.79 Å². The van der Waals surface area contributed by atoms with Gasteiger partial charge in [0, 0.05) is 49.3 Å². The summed E-state index contributed by atoms with van der Waals surface area (Å²) >= 11 is 0. The Morgan fingerprint density at radius 3 is 2.53 bits per heavy atom. The van der Waals surface area contributed by atoms with Gasteiger partial charge in [-0.05, 0) is 44.2 Å². The number of pyridine rings is 1. The second-order valence-corrected chi connectivity index (χ2v) is 10.4. The first-order valence-corrected chi connectivity index (χ1v) is 11.9. The highest BCUT2D eigenvalue weighted by Gasteiger charge is 2.22. The zero-order chi connectivity index (χ0) is 25.8. The molecule has 0 saturated carbocycles. The van der Waals surface area contributed by atoms with Crippen molar-refractivity contribution in [1.82, 2.24) is 34.3 Å². The van der Waals surface area contributed by atoms with Crippen molar-refractivity contribution in [3.8, 4) is 5.69 Å². The van der Waals surface area contributed by atoms with E-state index in [0.717, 1.165) is 34.1 Å². The fourth-order valence-corrected chi connectivity index (χ4v) is 4.15. The molecule has 0 unspecified atom stereocenters. The molecule has 4 aromatic heterocycles. The number of nitrogens with zero attached hydrogens (tertiary/aromatic N) is 7. The number of aromatic nitrogens is 7. The van der Waals surface area contributed by atoms with Gasteiger partial charge in [-0.15, -0.1) is 0 Å². The van der Waals surface area contributed by atoms with Crippen LogP contribution in [0.4, 0.5) is 17.6 Å². The molecule has 0 aliphatic heterocycles. The molecule has 0 fully saturated rings. The summed E-state index contributed by atoms with van der Waals surface area (Å²) < 4.78 is 3.58. The molecule has 5 aromatic rings. The highest BCUT2D eigenvalue weighted by molar-refractivity contribution is 5.83. The predicted molar refractivity (Wildman–Crippen MR) is 144 cm³/mol. The van der Waals surface area contributed by atoms with Crippen LogP contribution in [-0.4, -0.2) is 48.4 Å². The van der Waals surface area contributed by atoms with Crippen LogP contribution in [0.5, 0.6) is 0 Å². The molecule has 186 valence electrons. The monoisotopic (exact) mass is 485 g/mol. The Morgan fingerprint density at radius 2 is 1.83 bits per heavy atom. The Hall–Kier alpha value is -4.21. The lowest BCUT2D eigenvalue weighted by Crippen LogP contribution is -2.24. The van der Waals surface area contributed by atoms with E-state index in [1.807, 2.05) is 67.9 Å².